The van der Waals surface area contributed by atoms with Gasteiger partial charge in [0.2, 0.25) is 6.08 Å². The first-order valence-electron chi connectivity index (χ1n) is 4.58. The molecule has 14 heavy (non-hydrogen) atoms. The van der Waals surface area contributed by atoms with E-state index in [-0.39, 0.29) is 17.5 Å². The molecule has 0 aromatic carbocycles. The van der Waals surface area contributed by atoms with Gasteiger partial charge in [-0.1, -0.05) is 18.6 Å². The first-order valence-corrected chi connectivity index (χ1v) is 6.30. The van der Waals surface area contributed by atoms with Gasteiger partial charge in [0.15, 0.2) is 9.84 Å². The Balaban J connectivity index is 2.58. The van der Waals surface area contributed by atoms with E-state index in [1.807, 2.05) is 0 Å². The Morgan fingerprint density at radius 2 is 2.21 bits per heavy atom. The van der Waals surface area contributed by atoms with Gasteiger partial charge in [-0.15, -0.1) is 0 Å². The molecule has 4 nitrogen and oxygen atoms in total. The number of aliphatic imine (C=N–C) groups is 1. The second-order valence-electron chi connectivity index (χ2n) is 3.26. The van der Waals surface area contributed by atoms with E-state index in [9.17, 15) is 13.2 Å². The maximum absolute atomic E-state index is 11.5. The molecular formula is C9H13NO3S. The molecule has 1 saturated heterocycles. The molecule has 0 spiro atoms. The molecule has 1 fully saturated rings. The normalized spacial score (nSPS) is 25.9. The summed E-state index contributed by atoms with van der Waals surface area (Å²) in [6.45, 7) is 0.218. The van der Waals surface area contributed by atoms with Crippen molar-refractivity contribution < 1.29 is 13.2 Å². The lowest BCUT2D eigenvalue weighted by Gasteiger charge is -2.18. The van der Waals surface area contributed by atoms with Crippen LogP contribution >= 0.6 is 0 Å². The Labute approximate surface area is 83.6 Å². The molecule has 0 bridgehead atoms. The van der Waals surface area contributed by atoms with Crippen LogP contribution in [0.2, 0.25) is 0 Å². The molecule has 0 saturated carbocycles. The molecule has 5 heteroatoms. The highest BCUT2D eigenvalue weighted by Crippen LogP contribution is 2.20. The number of carbonyl (C=O) groups excluding carboxylic acids is 1. The predicted octanol–water partition coefficient (Wildman–Crippen LogP) is 0.846. The molecule has 1 aliphatic rings. The first-order chi connectivity index (χ1) is 6.67. The highest BCUT2D eigenvalue weighted by Gasteiger charge is 2.25. The maximum Gasteiger partial charge on any atom is 0.235 e. The topological polar surface area (TPSA) is 63.6 Å². The summed E-state index contributed by atoms with van der Waals surface area (Å²) in [7, 11) is -2.94. The van der Waals surface area contributed by atoms with Crippen molar-refractivity contribution in [1.29, 1.82) is 0 Å². The van der Waals surface area contributed by atoms with Gasteiger partial charge in [-0.2, -0.15) is 0 Å². The number of sulfone groups is 1. The third-order valence-electron chi connectivity index (χ3n) is 2.24. The zero-order chi connectivity index (χ0) is 10.4. The van der Waals surface area contributed by atoms with Gasteiger partial charge in [-0.25, -0.2) is 18.2 Å². The number of hydrogen-bond acceptors (Lipinski definition) is 4. The minimum absolute atomic E-state index is 0.218. The number of hydrogen-bond donors (Lipinski definition) is 0. The van der Waals surface area contributed by atoms with Crippen LogP contribution in [0.15, 0.2) is 17.1 Å². The van der Waals surface area contributed by atoms with E-state index in [0.29, 0.717) is 6.42 Å². The van der Waals surface area contributed by atoms with Crippen LogP contribution in [0.25, 0.3) is 0 Å². The van der Waals surface area contributed by atoms with Gasteiger partial charge in [0.25, 0.3) is 0 Å². The molecule has 1 heterocycles. The van der Waals surface area contributed by atoms with Gasteiger partial charge in [0.1, 0.15) is 0 Å². The minimum Gasteiger partial charge on any atom is -0.228 e. The number of isocyanates is 1. The summed E-state index contributed by atoms with van der Waals surface area (Å²) in [5.41, 5.74) is 0. The van der Waals surface area contributed by atoms with Gasteiger partial charge in [0.05, 0.1) is 17.5 Å². The van der Waals surface area contributed by atoms with Crippen LogP contribution in [-0.4, -0.2) is 32.0 Å². The van der Waals surface area contributed by atoms with Gasteiger partial charge in [0, 0.05) is 0 Å². The fourth-order valence-corrected chi connectivity index (χ4v) is 3.28. The molecule has 0 aromatic heterocycles. The van der Waals surface area contributed by atoms with Crippen LogP contribution < -0.4 is 0 Å². The quantitative estimate of drug-likeness (QED) is 0.398. The van der Waals surface area contributed by atoms with Crippen molar-refractivity contribution in [1.82, 2.24) is 0 Å². The van der Waals surface area contributed by atoms with Crippen molar-refractivity contribution >= 4 is 15.9 Å². The minimum atomic E-state index is -2.94. The summed E-state index contributed by atoms with van der Waals surface area (Å²) in [5, 5.41) is -0.377. The predicted molar refractivity (Wildman–Crippen MR) is 53.6 cm³/mol. The summed E-state index contributed by atoms with van der Waals surface area (Å²) in [6, 6.07) is 0. The van der Waals surface area contributed by atoms with Crippen LogP contribution in [0.4, 0.5) is 0 Å². The molecule has 0 aliphatic carbocycles. The Kier molecular flexibility index (Phi) is 4.04. The van der Waals surface area contributed by atoms with E-state index in [0.717, 1.165) is 12.8 Å². The summed E-state index contributed by atoms with van der Waals surface area (Å²) >= 11 is 0. The first kappa shape index (κ1) is 11.1. The standard InChI is InChI=1S/C9H13NO3S/c11-8-10-6-3-5-9-4-1-2-7-14(9,12)13/h3,5,9H,1-2,4,6-7H2/b5-3-. The van der Waals surface area contributed by atoms with Crippen molar-refractivity contribution in [3.05, 3.63) is 12.2 Å². The summed E-state index contributed by atoms with van der Waals surface area (Å²) < 4.78 is 23.0. The highest BCUT2D eigenvalue weighted by atomic mass is 32.2. The Bertz CT molecular complexity index is 352. The van der Waals surface area contributed by atoms with Crippen molar-refractivity contribution in [3.8, 4) is 0 Å². The number of rotatable bonds is 3. The molecule has 0 aromatic rings. The van der Waals surface area contributed by atoms with E-state index in [4.69, 9.17) is 0 Å². The molecule has 0 N–H and O–H groups in total. The fourth-order valence-electron chi connectivity index (χ4n) is 1.50. The van der Waals surface area contributed by atoms with E-state index in [1.165, 1.54) is 6.08 Å². The Morgan fingerprint density at radius 1 is 1.43 bits per heavy atom. The second-order valence-corrected chi connectivity index (χ2v) is 5.60. The Morgan fingerprint density at radius 3 is 2.86 bits per heavy atom. The smallest absolute Gasteiger partial charge is 0.228 e. The molecule has 78 valence electrons. The number of nitrogens with zero attached hydrogens (tertiary/aromatic N) is 1. The lowest BCUT2D eigenvalue weighted by molar-refractivity contribution is 0.559. The van der Waals surface area contributed by atoms with E-state index in [1.54, 1.807) is 12.2 Å². The van der Waals surface area contributed by atoms with E-state index in [2.05, 4.69) is 4.99 Å². The van der Waals surface area contributed by atoms with Crippen LogP contribution in [0.1, 0.15) is 19.3 Å². The highest BCUT2D eigenvalue weighted by molar-refractivity contribution is 7.92. The molecule has 0 amide bonds. The molecule has 1 aliphatic heterocycles. The van der Waals surface area contributed by atoms with Crippen molar-refractivity contribution in [2.45, 2.75) is 24.5 Å². The van der Waals surface area contributed by atoms with Crippen molar-refractivity contribution in [3.63, 3.8) is 0 Å². The monoisotopic (exact) mass is 215 g/mol. The molecule has 1 unspecified atom stereocenters. The summed E-state index contributed by atoms with van der Waals surface area (Å²) in [6.07, 6.45) is 7.04. The van der Waals surface area contributed by atoms with Crippen LogP contribution in [-0.2, 0) is 14.6 Å². The summed E-state index contributed by atoms with van der Waals surface area (Å²) in [4.78, 5) is 13.1. The molecule has 0 radical (unpaired) electrons. The lowest BCUT2D eigenvalue weighted by Crippen LogP contribution is -2.26. The van der Waals surface area contributed by atoms with Gasteiger partial charge >= 0.3 is 0 Å². The third kappa shape index (κ3) is 3.09. The zero-order valence-electron chi connectivity index (χ0n) is 7.85. The van der Waals surface area contributed by atoms with Gasteiger partial charge < -0.3 is 0 Å². The SMILES string of the molecule is O=C=NC/C=C\C1CCCCS1(=O)=O. The summed E-state index contributed by atoms with van der Waals surface area (Å²) in [5.74, 6) is 0.277. The molecular weight excluding hydrogens is 202 g/mol. The average molecular weight is 215 g/mol. The molecule has 1 rings (SSSR count). The van der Waals surface area contributed by atoms with Crippen LogP contribution in [0.3, 0.4) is 0 Å². The van der Waals surface area contributed by atoms with E-state index >= 15 is 0 Å². The average Bonchev–Trinajstić information content (AvgIpc) is 2.14. The third-order valence-corrected chi connectivity index (χ3v) is 4.41. The van der Waals surface area contributed by atoms with Gasteiger partial charge in [-0.3, -0.25) is 0 Å². The Hall–Kier alpha value is -0.930. The second kappa shape index (κ2) is 5.08. The van der Waals surface area contributed by atoms with Gasteiger partial charge in [-0.05, 0) is 12.8 Å². The van der Waals surface area contributed by atoms with Crippen molar-refractivity contribution in [2.75, 3.05) is 12.3 Å². The lowest BCUT2D eigenvalue weighted by atomic mass is 10.2. The maximum atomic E-state index is 11.5. The van der Waals surface area contributed by atoms with E-state index < -0.39 is 9.84 Å². The van der Waals surface area contributed by atoms with Crippen LogP contribution in [0.5, 0.6) is 0 Å². The van der Waals surface area contributed by atoms with Crippen LogP contribution in [0, 0.1) is 0 Å². The fraction of sp³-hybridized carbons (Fsp3) is 0.667. The zero-order valence-corrected chi connectivity index (χ0v) is 8.66. The van der Waals surface area contributed by atoms with Crippen molar-refractivity contribution in [2.24, 2.45) is 4.99 Å². The molecule has 1 atom stereocenters. The largest absolute Gasteiger partial charge is 0.235 e.